The van der Waals surface area contributed by atoms with E-state index < -0.39 is 10.0 Å². The van der Waals surface area contributed by atoms with Gasteiger partial charge in [0.25, 0.3) is 10.0 Å². The first kappa shape index (κ1) is 19.2. The number of hydrogen-bond donors (Lipinski definition) is 2. The van der Waals surface area contributed by atoms with Crippen molar-refractivity contribution in [3.63, 3.8) is 0 Å². The summed E-state index contributed by atoms with van der Waals surface area (Å²) >= 11 is 5.87. The average Bonchev–Trinajstić information content (AvgIpc) is 2.68. The molecular formula is C21H17ClN4O2S. The highest BCUT2D eigenvalue weighted by molar-refractivity contribution is 7.92. The minimum atomic E-state index is -3.87. The Bertz CT molecular complexity index is 1290. The maximum Gasteiger partial charge on any atom is 0.263 e. The third-order valence-electron chi connectivity index (χ3n) is 4.21. The van der Waals surface area contributed by atoms with E-state index in [4.69, 9.17) is 11.6 Å². The second-order valence-corrected chi connectivity index (χ2v) is 8.58. The van der Waals surface area contributed by atoms with Gasteiger partial charge in [-0.25, -0.2) is 18.4 Å². The lowest BCUT2D eigenvalue weighted by atomic mass is 10.2. The summed E-state index contributed by atoms with van der Waals surface area (Å²) in [7, 11) is -3.87. The van der Waals surface area contributed by atoms with E-state index in [0.29, 0.717) is 21.9 Å². The second kappa shape index (κ2) is 7.69. The van der Waals surface area contributed by atoms with Crippen molar-refractivity contribution in [3.8, 4) is 0 Å². The number of nitrogens with zero attached hydrogens (tertiary/aromatic N) is 2. The van der Waals surface area contributed by atoms with Crippen LogP contribution in [0, 0.1) is 6.92 Å². The molecule has 0 aliphatic rings. The van der Waals surface area contributed by atoms with Gasteiger partial charge >= 0.3 is 0 Å². The zero-order chi connectivity index (χ0) is 20.4. The Hall–Kier alpha value is -3.16. The van der Waals surface area contributed by atoms with Gasteiger partial charge in [-0.1, -0.05) is 35.9 Å². The summed E-state index contributed by atoms with van der Waals surface area (Å²) in [4.78, 5) is 9.13. The van der Waals surface area contributed by atoms with E-state index in [2.05, 4.69) is 20.0 Å². The van der Waals surface area contributed by atoms with Crippen LogP contribution < -0.4 is 10.0 Å². The first-order chi connectivity index (χ1) is 13.9. The lowest BCUT2D eigenvalue weighted by Crippen LogP contribution is -2.16. The molecule has 0 atom stereocenters. The molecule has 2 N–H and O–H groups in total. The molecule has 4 aromatic rings. The summed E-state index contributed by atoms with van der Waals surface area (Å²) in [5.41, 5.74) is 3.07. The molecule has 0 aliphatic carbocycles. The molecule has 1 aromatic heterocycles. The molecule has 4 rings (SSSR count). The first-order valence-corrected chi connectivity index (χ1v) is 10.7. The van der Waals surface area contributed by atoms with E-state index in [1.807, 2.05) is 49.4 Å². The molecule has 0 fully saturated rings. The van der Waals surface area contributed by atoms with Gasteiger partial charge in [-0.2, -0.15) is 0 Å². The molecule has 29 heavy (non-hydrogen) atoms. The molecule has 0 saturated carbocycles. The number of para-hydroxylation sites is 2. The Morgan fingerprint density at radius 2 is 1.48 bits per heavy atom. The summed E-state index contributed by atoms with van der Waals surface area (Å²) in [5, 5.41) is 3.62. The van der Waals surface area contributed by atoms with Gasteiger partial charge in [-0.3, -0.25) is 4.72 Å². The number of nitrogens with one attached hydrogen (secondary N) is 2. The lowest BCUT2D eigenvalue weighted by molar-refractivity contribution is 0.601. The number of fused-ring (bicyclic) bond motifs is 1. The monoisotopic (exact) mass is 424 g/mol. The molecule has 0 radical (unpaired) electrons. The Balaban J connectivity index is 1.78. The van der Waals surface area contributed by atoms with Crippen molar-refractivity contribution in [1.29, 1.82) is 0 Å². The molecule has 146 valence electrons. The van der Waals surface area contributed by atoms with Gasteiger partial charge in [0.1, 0.15) is 0 Å². The van der Waals surface area contributed by atoms with Crippen LogP contribution in [0.5, 0.6) is 0 Å². The number of hydrogen-bond acceptors (Lipinski definition) is 5. The zero-order valence-electron chi connectivity index (χ0n) is 15.4. The number of aromatic nitrogens is 2. The summed E-state index contributed by atoms with van der Waals surface area (Å²) in [5.74, 6) is 0.423. The molecule has 0 bridgehead atoms. The highest BCUT2D eigenvalue weighted by atomic mass is 35.5. The van der Waals surface area contributed by atoms with Gasteiger partial charge in [-0.15, -0.1) is 0 Å². The van der Waals surface area contributed by atoms with Crippen LogP contribution in [0.15, 0.2) is 77.7 Å². The fourth-order valence-electron chi connectivity index (χ4n) is 2.82. The molecular weight excluding hydrogens is 408 g/mol. The van der Waals surface area contributed by atoms with Gasteiger partial charge in [0.2, 0.25) is 0 Å². The topological polar surface area (TPSA) is 84.0 Å². The normalized spacial score (nSPS) is 11.4. The molecule has 8 heteroatoms. The Labute approximate surface area is 173 Å². The largest absolute Gasteiger partial charge is 0.337 e. The van der Waals surface area contributed by atoms with Crippen LogP contribution in [0.2, 0.25) is 5.02 Å². The number of rotatable bonds is 5. The minimum Gasteiger partial charge on any atom is -0.337 e. The number of aryl methyl sites for hydroxylation is 1. The highest BCUT2D eigenvalue weighted by Gasteiger charge is 2.19. The molecule has 0 aliphatic heterocycles. The molecule has 3 aromatic carbocycles. The van der Waals surface area contributed by atoms with E-state index in [1.54, 1.807) is 6.07 Å². The van der Waals surface area contributed by atoms with Gasteiger partial charge in [0, 0.05) is 10.7 Å². The summed E-state index contributed by atoms with van der Waals surface area (Å²) in [6.45, 7) is 1.97. The van der Waals surface area contributed by atoms with Crippen LogP contribution in [0.4, 0.5) is 17.3 Å². The predicted molar refractivity (Wildman–Crippen MR) is 116 cm³/mol. The van der Waals surface area contributed by atoms with E-state index in [0.717, 1.165) is 11.3 Å². The average molecular weight is 425 g/mol. The summed E-state index contributed by atoms with van der Waals surface area (Å²) in [6, 6.07) is 20.9. The number of sulfonamides is 1. The Morgan fingerprint density at radius 3 is 2.14 bits per heavy atom. The van der Waals surface area contributed by atoms with Crippen molar-refractivity contribution in [1.82, 2.24) is 9.97 Å². The zero-order valence-corrected chi connectivity index (χ0v) is 17.0. The quantitative estimate of drug-likeness (QED) is 0.463. The first-order valence-electron chi connectivity index (χ1n) is 8.80. The standard InChI is InChI=1S/C21H17ClN4O2S/c1-14-5-4-6-16(13-14)23-20-21(25-19-8-3-2-7-18(19)24-20)26-29(27,28)17-11-9-15(22)10-12-17/h2-13H,1H3,(H,23,24)(H,25,26). The SMILES string of the molecule is Cc1cccc(Nc2nc3ccccc3nc2NS(=O)(=O)c2ccc(Cl)cc2)c1. The molecule has 0 spiro atoms. The highest BCUT2D eigenvalue weighted by Crippen LogP contribution is 2.27. The third-order valence-corrected chi connectivity index (χ3v) is 5.81. The summed E-state index contributed by atoms with van der Waals surface area (Å²) in [6.07, 6.45) is 0. The molecule has 1 heterocycles. The smallest absolute Gasteiger partial charge is 0.263 e. The molecule has 0 saturated heterocycles. The predicted octanol–water partition coefficient (Wildman–Crippen LogP) is 5.14. The molecule has 0 amide bonds. The van der Waals surface area contributed by atoms with Gasteiger partial charge < -0.3 is 5.32 Å². The van der Waals surface area contributed by atoms with Crippen molar-refractivity contribution in [2.45, 2.75) is 11.8 Å². The number of benzene rings is 3. The number of halogens is 1. The van der Waals surface area contributed by atoms with Crippen LogP contribution in [0.25, 0.3) is 11.0 Å². The van der Waals surface area contributed by atoms with Crippen molar-refractivity contribution in [3.05, 3.63) is 83.4 Å². The van der Waals surface area contributed by atoms with Crippen LogP contribution >= 0.6 is 11.6 Å². The van der Waals surface area contributed by atoms with Crippen molar-refractivity contribution in [2.24, 2.45) is 0 Å². The molecule has 6 nitrogen and oxygen atoms in total. The second-order valence-electron chi connectivity index (χ2n) is 6.46. The van der Waals surface area contributed by atoms with Crippen LogP contribution in [0.3, 0.4) is 0 Å². The van der Waals surface area contributed by atoms with E-state index in [9.17, 15) is 8.42 Å². The van der Waals surface area contributed by atoms with Crippen LogP contribution in [0.1, 0.15) is 5.56 Å². The maximum absolute atomic E-state index is 12.9. The van der Waals surface area contributed by atoms with Gasteiger partial charge in [0.05, 0.1) is 15.9 Å². The maximum atomic E-state index is 12.9. The van der Waals surface area contributed by atoms with Crippen molar-refractivity contribution < 1.29 is 8.42 Å². The van der Waals surface area contributed by atoms with Crippen molar-refractivity contribution >= 4 is 50.0 Å². The fraction of sp³-hybridized carbons (Fsp3) is 0.0476. The van der Waals surface area contributed by atoms with Gasteiger partial charge in [-0.05, 0) is 61.0 Å². The number of anilines is 3. The van der Waals surface area contributed by atoms with Crippen LogP contribution in [-0.4, -0.2) is 18.4 Å². The van der Waals surface area contributed by atoms with E-state index >= 15 is 0 Å². The lowest BCUT2D eigenvalue weighted by Gasteiger charge is -2.14. The van der Waals surface area contributed by atoms with Crippen LogP contribution in [-0.2, 0) is 10.0 Å². The van der Waals surface area contributed by atoms with Crippen molar-refractivity contribution in [2.75, 3.05) is 10.0 Å². The van der Waals surface area contributed by atoms with E-state index in [1.165, 1.54) is 24.3 Å². The molecule has 0 unspecified atom stereocenters. The van der Waals surface area contributed by atoms with Gasteiger partial charge in [0.15, 0.2) is 11.6 Å². The summed E-state index contributed by atoms with van der Waals surface area (Å²) < 4.78 is 28.3. The fourth-order valence-corrected chi connectivity index (χ4v) is 3.95. The minimum absolute atomic E-state index is 0.0818. The van der Waals surface area contributed by atoms with E-state index in [-0.39, 0.29) is 10.7 Å². The Kier molecular flexibility index (Phi) is 5.08. The Morgan fingerprint density at radius 1 is 0.828 bits per heavy atom. The third kappa shape index (κ3) is 4.31.